The molecule has 2 heterocycles. The number of carbonyl (C=O) groups excluding carboxylic acids is 1. The number of carbonyl (C=O) groups is 1. The Morgan fingerprint density at radius 2 is 1.94 bits per heavy atom. The Balaban J connectivity index is 1.56. The van der Waals surface area contributed by atoms with Gasteiger partial charge in [0, 0.05) is 32.2 Å². The van der Waals surface area contributed by atoms with Crippen molar-refractivity contribution in [1.82, 2.24) is 15.1 Å². The largest absolute Gasteiger partial charge is 0.339 e. The first-order valence-corrected chi connectivity index (χ1v) is 6.97. The van der Waals surface area contributed by atoms with Crippen molar-refractivity contribution < 1.29 is 4.79 Å². The molecule has 1 N–H and O–H groups in total. The molecule has 1 unspecified atom stereocenters. The molecule has 3 aliphatic rings. The molecule has 4 heteroatoms. The maximum atomic E-state index is 12.5. The molecule has 4 nitrogen and oxygen atoms in total. The third kappa shape index (κ3) is 2.20. The predicted octanol–water partition coefficient (Wildman–Crippen LogP) is 0.435. The first-order valence-electron chi connectivity index (χ1n) is 6.97. The van der Waals surface area contributed by atoms with E-state index in [1.807, 2.05) is 0 Å². The molecule has 3 fully saturated rings. The van der Waals surface area contributed by atoms with E-state index >= 15 is 0 Å². The summed E-state index contributed by atoms with van der Waals surface area (Å²) in [4.78, 5) is 17.1. The van der Waals surface area contributed by atoms with E-state index in [1.54, 1.807) is 0 Å². The van der Waals surface area contributed by atoms with Crippen LogP contribution in [0.15, 0.2) is 0 Å². The van der Waals surface area contributed by atoms with Crippen molar-refractivity contribution in [2.24, 2.45) is 0 Å². The number of nitrogens with one attached hydrogen (secondary N) is 1. The normalized spacial score (nSPS) is 35.2. The van der Waals surface area contributed by atoms with Crippen LogP contribution >= 0.6 is 0 Å². The Morgan fingerprint density at radius 3 is 2.47 bits per heavy atom. The second kappa shape index (κ2) is 4.25. The summed E-state index contributed by atoms with van der Waals surface area (Å²) in [6.45, 7) is 7.05. The van der Waals surface area contributed by atoms with Gasteiger partial charge < -0.3 is 10.2 Å². The highest BCUT2D eigenvalue weighted by Gasteiger charge is 2.40. The molecule has 1 aliphatic carbocycles. The Labute approximate surface area is 103 Å². The molecule has 0 aromatic heterocycles. The summed E-state index contributed by atoms with van der Waals surface area (Å²) < 4.78 is 0. The molecule has 0 radical (unpaired) electrons. The Morgan fingerprint density at radius 1 is 1.24 bits per heavy atom. The summed E-state index contributed by atoms with van der Waals surface area (Å²) in [5, 5.41) is 3.37. The molecule has 1 atom stereocenters. The summed E-state index contributed by atoms with van der Waals surface area (Å²) in [7, 11) is 0. The highest BCUT2D eigenvalue weighted by molar-refractivity contribution is 5.86. The minimum absolute atomic E-state index is 0.276. The molecule has 17 heavy (non-hydrogen) atoms. The van der Waals surface area contributed by atoms with Crippen LogP contribution in [0.2, 0.25) is 0 Å². The maximum Gasteiger partial charge on any atom is 0.242 e. The van der Waals surface area contributed by atoms with Crippen molar-refractivity contribution in [2.75, 3.05) is 32.7 Å². The van der Waals surface area contributed by atoms with Crippen LogP contribution in [0.1, 0.15) is 32.6 Å². The predicted molar refractivity (Wildman–Crippen MR) is 66.8 cm³/mol. The Bertz CT molecular complexity index is 300. The lowest BCUT2D eigenvalue weighted by Gasteiger charge is -2.38. The lowest BCUT2D eigenvalue weighted by atomic mass is 9.98. The smallest absolute Gasteiger partial charge is 0.242 e. The zero-order valence-electron chi connectivity index (χ0n) is 10.7. The summed E-state index contributed by atoms with van der Waals surface area (Å²) in [6.07, 6.45) is 4.86. The zero-order valence-corrected chi connectivity index (χ0v) is 10.7. The standard InChI is InChI=1S/C13H23N3O/c1-13(5-2-6-14-13)12(17)16-9-7-15(8-10-16)11-3-4-11/h11,14H,2-10H2,1H3. The van der Waals surface area contributed by atoms with E-state index in [0.29, 0.717) is 5.91 Å². The Hall–Kier alpha value is -0.610. The SMILES string of the molecule is CC1(C(=O)N2CCN(C3CC3)CC2)CCCN1. The molecule has 96 valence electrons. The number of piperazine rings is 1. The van der Waals surface area contributed by atoms with Gasteiger partial charge >= 0.3 is 0 Å². The van der Waals surface area contributed by atoms with Crippen LogP contribution in [0, 0.1) is 0 Å². The van der Waals surface area contributed by atoms with Crippen LogP contribution in [0.4, 0.5) is 0 Å². The highest BCUT2D eigenvalue weighted by Crippen LogP contribution is 2.28. The van der Waals surface area contributed by atoms with Crippen LogP contribution in [-0.2, 0) is 4.79 Å². The minimum atomic E-state index is -0.276. The van der Waals surface area contributed by atoms with E-state index in [2.05, 4.69) is 22.0 Å². The lowest BCUT2D eigenvalue weighted by molar-refractivity contribution is -0.139. The van der Waals surface area contributed by atoms with Crippen molar-refractivity contribution in [3.05, 3.63) is 0 Å². The molecule has 2 saturated heterocycles. The van der Waals surface area contributed by atoms with Gasteiger partial charge in [-0.2, -0.15) is 0 Å². The van der Waals surface area contributed by atoms with Gasteiger partial charge in [0.2, 0.25) is 5.91 Å². The van der Waals surface area contributed by atoms with Gasteiger partial charge in [-0.05, 0) is 39.2 Å². The molecule has 0 bridgehead atoms. The first-order chi connectivity index (χ1) is 8.19. The minimum Gasteiger partial charge on any atom is -0.339 e. The number of amides is 1. The quantitative estimate of drug-likeness (QED) is 0.757. The van der Waals surface area contributed by atoms with Crippen LogP contribution in [0.3, 0.4) is 0 Å². The van der Waals surface area contributed by atoms with Gasteiger partial charge in [0.15, 0.2) is 0 Å². The van der Waals surface area contributed by atoms with E-state index < -0.39 is 0 Å². The van der Waals surface area contributed by atoms with Gasteiger partial charge in [0.25, 0.3) is 0 Å². The van der Waals surface area contributed by atoms with Gasteiger partial charge in [-0.15, -0.1) is 0 Å². The van der Waals surface area contributed by atoms with E-state index in [-0.39, 0.29) is 5.54 Å². The van der Waals surface area contributed by atoms with Gasteiger partial charge in [-0.1, -0.05) is 0 Å². The number of rotatable bonds is 2. The number of nitrogens with zero attached hydrogens (tertiary/aromatic N) is 2. The van der Waals surface area contributed by atoms with Gasteiger partial charge in [0.1, 0.15) is 0 Å². The van der Waals surface area contributed by atoms with Gasteiger partial charge in [0.05, 0.1) is 5.54 Å². The molecule has 1 amide bonds. The van der Waals surface area contributed by atoms with E-state index in [0.717, 1.165) is 51.6 Å². The highest BCUT2D eigenvalue weighted by atomic mass is 16.2. The first kappa shape index (κ1) is 11.5. The molecule has 1 saturated carbocycles. The molecular formula is C13H23N3O. The second-order valence-corrected chi connectivity index (χ2v) is 5.92. The monoisotopic (exact) mass is 237 g/mol. The molecule has 0 aromatic rings. The van der Waals surface area contributed by atoms with Crippen molar-refractivity contribution in [1.29, 1.82) is 0 Å². The van der Waals surface area contributed by atoms with E-state index in [9.17, 15) is 4.79 Å². The summed E-state index contributed by atoms with van der Waals surface area (Å²) >= 11 is 0. The summed E-state index contributed by atoms with van der Waals surface area (Å²) in [6, 6.07) is 0.840. The third-order valence-electron chi connectivity index (χ3n) is 4.51. The van der Waals surface area contributed by atoms with Gasteiger partial charge in [-0.3, -0.25) is 9.69 Å². The number of hydrogen-bond acceptors (Lipinski definition) is 3. The van der Waals surface area contributed by atoms with Crippen LogP contribution in [-0.4, -0.2) is 60.0 Å². The van der Waals surface area contributed by atoms with Gasteiger partial charge in [-0.25, -0.2) is 0 Å². The van der Waals surface area contributed by atoms with Crippen LogP contribution in [0.5, 0.6) is 0 Å². The molecule has 0 spiro atoms. The maximum absolute atomic E-state index is 12.5. The fraction of sp³-hybridized carbons (Fsp3) is 0.923. The van der Waals surface area contributed by atoms with E-state index in [1.165, 1.54) is 12.8 Å². The summed E-state index contributed by atoms with van der Waals surface area (Å²) in [5.41, 5.74) is -0.276. The molecular weight excluding hydrogens is 214 g/mol. The topological polar surface area (TPSA) is 35.6 Å². The van der Waals surface area contributed by atoms with Crippen molar-refractivity contribution in [3.63, 3.8) is 0 Å². The second-order valence-electron chi connectivity index (χ2n) is 5.92. The van der Waals surface area contributed by atoms with Crippen LogP contribution in [0.25, 0.3) is 0 Å². The molecule has 3 rings (SSSR count). The summed E-state index contributed by atoms with van der Waals surface area (Å²) in [5.74, 6) is 0.324. The van der Waals surface area contributed by atoms with E-state index in [4.69, 9.17) is 0 Å². The molecule has 0 aromatic carbocycles. The fourth-order valence-corrected chi connectivity index (χ4v) is 3.16. The average Bonchev–Trinajstić information content (AvgIpc) is 3.11. The number of hydrogen-bond donors (Lipinski definition) is 1. The van der Waals surface area contributed by atoms with Crippen molar-refractivity contribution in [2.45, 2.75) is 44.2 Å². The lowest BCUT2D eigenvalue weighted by Crippen LogP contribution is -2.58. The average molecular weight is 237 g/mol. The molecule has 2 aliphatic heterocycles. The van der Waals surface area contributed by atoms with Crippen LogP contribution < -0.4 is 5.32 Å². The fourth-order valence-electron chi connectivity index (χ4n) is 3.16. The third-order valence-corrected chi connectivity index (χ3v) is 4.51. The van der Waals surface area contributed by atoms with Crippen molar-refractivity contribution >= 4 is 5.91 Å². The zero-order chi connectivity index (χ0) is 11.9. The Kier molecular flexibility index (Phi) is 2.87. The van der Waals surface area contributed by atoms with Crippen molar-refractivity contribution in [3.8, 4) is 0 Å².